The number of rotatable bonds is 6. The predicted molar refractivity (Wildman–Crippen MR) is 91.7 cm³/mol. The average Bonchev–Trinajstić information content (AvgIpc) is 2.49. The number of quaternary nitrogens is 1. The molecule has 1 saturated heterocycles. The fraction of sp³-hybridized carbons (Fsp3) is 0.588. The van der Waals surface area contributed by atoms with Gasteiger partial charge in [0.2, 0.25) is 0 Å². The van der Waals surface area contributed by atoms with E-state index in [1.165, 1.54) is 4.90 Å². The van der Waals surface area contributed by atoms with Crippen LogP contribution >= 0.6 is 11.6 Å². The Morgan fingerprint density at radius 3 is 2.68 bits per heavy atom. The molecule has 0 aromatic heterocycles. The topological polar surface area (TPSA) is 36.8 Å². The number of benzene rings is 1. The van der Waals surface area contributed by atoms with Gasteiger partial charge in [0.05, 0.1) is 36.9 Å². The molecule has 1 aromatic rings. The van der Waals surface area contributed by atoms with Crippen LogP contribution in [0.5, 0.6) is 0 Å². The van der Waals surface area contributed by atoms with E-state index < -0.39 is 0 Å². The third-order valence-electron chi connectivity index (χ3n) is 4.20. The highest BCUT2D eigenvalue weighted by molar-refractivity contribution is 6.33. The van der Waals surface area contributed by atoms with Crippen LogP contribution in [-0.2, 0) is 4.79 Å². The maximum absolute atomic E-state index is 12.0. The molecule has 1 atom stereocenters. The number of carbonyl (C=O) groups is 1. The number of nitrogens with one attached hydrogen (secondary N) is 2. The van der Waals surface area contributed by atoms with E-state index in [-0.39, 0.29) is 11.9 Å². The minimum absolute atomic E-state index is 0.169. The Kier molecular flexibility index (Phi) is 6.52. The van der Waals surface area contributed by atoms with Crippen molar-refractivity contribution in [1.29, 1.82) is 0 Å². The number of hydrogen-bond acceptors (Lipinski definition) is 2. The lowest BCUT2D eigenvalue weighted by atomic mass is 10.2. The molecule has 4 nitrogen and oxygen atoms in total. The van der Waals surface area contributed by atoms with Crippen molar-refractivity contribution in [2.24, 2.45) is 0 Å². The van der Waals surface area contributed by atoms with E-state index in [0.717, 1.165) is 49.7 Å². The van der Waals surface area contributed by atoms with Crippen LogP contribution in [0.1, 0.15) is 26.7 Å². The van der Waals surface area contributed by atoms with Crippen LogP contribution in [0.3, 0.4) is 0 Å². The number of amides is 1. The van der Waals surface area contributed by atoms with Crippen molar-refractivity contribution in [3.05, 3.63) is 29.3 Å². The number of nitrogens with zero attached hydrogens (tertiary/aromatic N) is 1. The van der Waals surface area contributed by atoms with Crippen LogP contribution in [0.2, 0.25) is 5.02 Å². The van der Waals surface area contributed by atoms with Gasteiger partial charge in [-0.05, 0) is 25.5 Å². The molecule has 0 unspecified atom stereocenters. The molecule has 0 aliphatic carbocycles. The fourth-order valence-electron chi connectivity index (χ4n) is 3.01. The maximum Gasteiger partial charge on any atom is 0.275 e. The summed E-state index contributed by atoms with van der Waals surface area (Å²) in [6.07, 6.45) is 2.15. The summed E-state index contributed by atoms with van der Waals surface area (Å²) in [5.74, 6) is 0.169. The summed E-state index contributed by atoms with van der Waals surface area (Å²) in [6.45, 7) is 8.62. The monoisotopic (exact) mass is 324 g/mol. The normalized spacial score (nSPS) is 17.3. The molecule has 1 amide bonds. The lowest BCUT2D eigenvalue weighted by Crippen LogP contribution is -3.16. The zero-order chi connectivity index (χ0) is 15.9. The number of anilines is 1. The first-order valence-electron chi connectivity index (χ1n) is 8.22. The maximum atomic E-state index is 12.0. The Hall–Kier alpha value is -1.26. The van der Waals surface area contributed by atoms with Gasteiger partial charge < -0.3 is 15.1 Å². The Bertz CT molecular complexity index is 487. The van der Waals surface area contributed by atoms with E-state index in [1.54, 1.807) is 0 Å². The molecule has 1 heterocycles. The van der Waals surface area contributed by atoms with Gasteiger partial charge in [-0.15, -0.1) is 0 Å². The summed E-state index contributed by atoms with van der Waals surface area (Å²) in [7, 11) is 0. The summed E-state index contributed by atoms with van der Waals surface area (Å²) in [5.41, 5.74) is 1.10. The molecule has 22 heavy (non-hydrogen) atoms. The van der Waals surface area contributed by atoms with Crippen LogP contribution in [0.4, 0.5) is 5.69 Å². The van der Waals surface area contributed by atoms with Crippen LogP contribution in [0.25, 0.3) is 0 Å². The molecule has 1 aromatic carbocycles. The highest BCUT2D eigenvalue weighted by Gasteiger charge is 2.23. The Balaban J connectivity index is 1.78. The van der Waals surface area contributed by atoms with Gasteiger partial charge in [-0.2, -0.15) is 0 Å². The molecule has 2 rings (SSSR count). The van der Waals surface area contributed by atoms with Gasteiger partial charge in [0.15, 0.2) is 6.54 Å². The van der Waals surface area contributed by atoms with Crippen molar-refractivity contribution in [1.82, 2.24) is 5.32 Å². The Morgan fingerprint density at radius 2 is 2.05 bits per heavy atom. The van der Waals surface area contributed by atoms with Crippen molar-refractivity contribution in [2.45, 2.75) is 32.7 Å². The first-order valence-corrected chi connectivity index (χ1v) is 8.60. The van der Waals surface area contributed by atoms with E-state index in [4.69, 9.17) is 11.6 Å². The largest absolute Gasteiger partial charge is 0.359 e. The van der Waals surface area contributed by atoms with Crippen LogP contribution in [-0.4, -0.2) is 44.7 Å². The highest BCUT2D eigenvalue weighted by atomic mass is 35.5. The SMILES string of the molecule is CCC[C@H](C)NC(=O)C[NH+]1CCN(c2ccccc2Cl)CC1. The van der Waals surface area contributed by atoms with Gasteiger partial charge >= 0.3 is 0 Å². The zero-order valence-electron chi connectivity index (χ0n) is 13.6. The van der Waals surface area contributed by atoms with E-state index in [9.17, 15) is 4.79 Å². The number of carbonyl (C=O) groups excluding carboxylic acids is 1. The van der Waals surface area contributed by atoms with Crippen LogP contribution in [0, 0.1) is 0 Å². The van der Waals surface area contributed by atoms with Gasteiger partial charge in [-0.3, -0.25) is 4.79 Å². The summed E-state index contributed by atoms with van der Waals surface area (Å²) in [4.78, 5) is 15.7. The second-order valence-corrected chi connectivity index (χ2v) is 6.53. The lowest BCUT2D eigenvalue weighted by molar-refractivity contribution is -0.892. The number of para-hydroxylation sites is 1. The molecule has 1 fully saturated rings. The number of hydrogen-bond donors (Lipinski definition) is 2. The molecule has 1 aliphatic rings. The van der Waals surface area contributed by atoms with E-state index >= 15 is 0 Å². The van der Waals surface area contributed by atoms with Gasteiger partial charge in [-0.25, -0.2) is 0 Å². The minimum atomic E-state index is 0.169. The predicted octanol–water partition coefficient (Wildman–Crippen LogP) is 1.35. The molecule has 0 spiro atoms. The van der Waals surface area contributed by atoms with Crippen molar-refractivity contribution >= 4 is 23.2 Å². The van der Waals surface area contributed by atoms with Crippen LogP contribution < -0.4 is 15.1 Å². The third kappa shape index (κ3) is 4.89. The fourth-order valence-corrected chi connectivity index (χ4v) is 3.26. The first kappa shape index (κ1) is 17.1. The van der Waals surface area contributed by atoms with E-state index in [0.29, 0.717) is 6.54 Å². The van der Waals surface area contributed by atoms with Crippen molar-refractivity contribution < 1.29 is 9.69 Å². The van der Waals surface area contributed by atoms with Gasteiger partial charge in [0.25, 0.3) is 5.91 Å². The Labute approximate surface area is 138 Å². The average molecular weight is 325 g/mol. The lowest BCUT2D eigenvalue weighted by Gasteiger charge is -2.33. The van der Waals surface area contributed by atoms with Crippen LogP contribution in [0.15, 0.2) is 24.3 Å². The minimum Gasteiger partial charge on any atom is -0.359 e. The summed E-state index contributed by atoms with van der Waals surface area (Å²) >= 11 is 6.25. The zero-order valence-corrected chi connectivity index (χ0v) is 14.3. The van der Waals surface area contributed by atoms with E-state index in [1.807, 2.05) is 18.2 Å². The second-order valence-electron chi connectivity index (χ2n) is 6.12. The molecule has 122 valence electrons. The molecule has 2 N–H and O–H groups in total. The summed E-state index contributed by atoms with van der Waals surface area (Å²) in [6, 6.07) is 8.24. The first-order chi connectivity index (χ1) is 10.6. The summed E-state index contributed by atoms with van der Waals surface area (Å²) < 4.78 is 0. The number of halogens is 1. The highest BCUT2D eigenvalue weighted by Crippen LogP contribution is 2.24. The standard InChI is InChI=1S/C17H26ClN3O/c1-3-6-14(2)19-17(22)13-20-9-11-21(12-10-20)16-8-5-4-7-15(16)18/h4-5,7-8,14H,3,6,9-13H2,1-2H3,(H,19,22)/p+1/t14-/m0/s1. The van der Waals surface area contributed by atoms with Gasteiger partial charge in [-0.1, -0.05) is 37.1 Å². The molecular weight excluding hydrogens is 298 g/mol. The van der Waals surface area contributed by atoms with Crippen molar-refractivity contribution in [3.63, 3.8) is 0 Å². The molecule has 0 saturated carbocycles. The van der Waals surface area contributed by atoms with Gasteiger partial charge in [0, 0.05) is 6.04 Å². The summed E-state index contributed by atoms with van der Waals surface area (Å²) in [5, 5.41) is 3.89. The number of piperazine rings is 1. The smallest absolute Gasteiger partial charge is 0.275 e. The molecule has 0 bridgehead atoms. The molecule has 5 heteroatoms. The second kappa shape index (κ2) is 8.39. The third-order valence-corrected chi connectivity index (χ3v) is 4.52. The van der Waals surface area contributed by atoms with Gasteiger partial charge in [0.1, 0.15) is 0 Å². The van der Waals surface area contributed by atoms with E-state index in [2.05, 4.69) is 30.1 Å². The molecule has 1 aliphatic heterocycles. The van der Waals surface area contributed by atoms with Crippen molar-refractivity contribution in [2.75, 3.05) is 37.6 Å². The Morgan fingerprint density at radius 1 is 1.36 bits per heavy atom. The quantitative estimate of drug-likeness (QED) is 0.829. The van der Waals surface area contributed by atoms with Crippen molar-refractivity contribution in [3.8, 4) is 0 Å². The molecule has 0 radical (unpaired) electrons. The molecular formula is C17H27ClN3O+.